The van der Waals surface area contributed by atoms with Crippen LogP contribution in [0.3, 0.4) is 0 Å². The van der Waals surface area contributed by atoms with Crippen molar-refractivity contribution in [2.75, 3.05) is 6.54 Å². The molecule has 0 spiro atoms. The third-order valence-electron chi connectivity index (χ3n) is 2.15. The van der Waals surface area contributed by atoms with Crippen LogP contribution in [0.2, 0.25) is 0 Å². The van der Waals surface area contributed by atoms with E-state index in [1.54, 1.807) is 0 Å². The maximum Gasteiger partial charge on any atom is 0.251 e. The Labute approximate surface area is 96.3 Å². The molecule has 2 N–H and O–H groups in total. The van der Waals surface area contributed by atoms with Gasteiger partial charge in [-0.1, -0.05) is 34.8 Å². The molecule has 1 atom stereocenters. The summed E-state index contributed by atoms with van der Waals surface area (Å²) in [5.41, 5.74) is 0. The van der Waals surface area contributed by atoms with E-state index in [9.17, 15) is 0 Å². The summed E-state index contributed by atoms with van der Waals surface area (Å²) in [5.74, 6) is 0.940. The normalized spacial score (nSPS) is 22.9. The van der Waals surface area contributed by atoms with Gasteiger partial charge in [0.15, 0.2) is 0 Å². The second-order valence-corrected chi connectivity index (χ2v) is 5.47. The first kappa shape index (κ1) is 10.5. The molecular weight excluding hydrogens is 246 g/mol. The summed E-state index contributed by atoms with van der Waals surface area (Å²) in [4.78, 5) is 4.14. The number of halogens is 3. The van der Waals surface area contributed by atoms with Crippen molar-refractivity contribution < 1.29 is 0 Å². The van der Waals surface area contributed by atoms with E-state index in [4.69, 9.17) is 34.8 Å². The molecule has 1 unspecified atom stereocenters. The monoisotopic (exact) mass is 254 g/mol. The largest absolute Gasteiger partial charge is 0.307 e. The number of nitrogens with one attached hydrogen (secondary N) is 2. The van der Waals surface area contributed by atoms with Gasteiger partial charge in [0.25, 0.3) is 3.79 Å². The maximum absolute atomic E-state index is 5.64. The summed E-state index contributed by atoms with van der Waals surface area (Å²) in [7, 11) is 0. The van der Waals surface area contributed by atoms with Crippen LogP contribution in [0, 0.1) is 0 Å². The Balaban J connectivity index is 2.17. The summed E-state index contributed by atoms with van der Waals surface area (Å²) in [6.45, 7) is 0.995. The zero-order chi connectivity index (χ0) is 10.2. The first-order valence-corrected chi connectivity index (χ1v) is 5.43. The third-order valence-corrected chi connectivity index (χ3v) is 2.65. The Kier molecular flexibility index (Phi) is 2.88. The summed E-state index contributed by atoms with van der Waals surface area (Å²) >= 11 is 16.9. The molecule has 0 radical (unpaired) electrons. The van der Waals surface area contributed by atoms with Crippen molar-refractivity contribution in [1.29, 1.82) is 0 Å². The molecule has 1 saturated heterocycles. The lowest BCUT2D eigenvalue weighted by Crippen LogP contribution is -2.14. The summed E-state index contributed by atoms with van der Waals surface area (Å²) in [6, 6.07) is 0.212. The lowest BCUT2D eigenvalue weighted by atomic mass is 10.2. The van der Waals surface area contributed by atoms with Crippen molar-refractivity contribution >= 4 is 34.8 Å². The van der Waals surface area contributed by atoms with E-state index in [-0.39, 0.29) is 11.9 Å². The Morgan fingerprint density at radius 3 is 2.64 bits per heavy atom. The molecule has 0 aromatic carbocycles. The van der Waals surface area contributed by atoms with Crippen LogP contribution >= 0.6 is 34.8 Å². The van der Waals surface area contributed by atoms with E-state index >= 15 is 0 Å². The maximum atomic E-state index is 5.64. The van der Waals surface area contributed by atoms with Crippen LogP contribution in [0.15, 0.2) is 0 Å². The van der Waals surface area contributed by atoms with E-state index in [0.717, 1.165) is 25.2 Å². The minimum atomic E-state index is -1.55. The molecule has 2 rings (SSSR count). The van der Waals surface area contributed by atoms with E-state index < -0.39 is 3.79 Å². The Morgan fingerprint density at radius 1 is 1.36 bits per heavy atom. The van der Waals surface area contributed by atoms with Gasteiger partial charge in [0, 0.05) is 0 Å². The quantitative estimate of drug-likeness (QED) is 0.755. The molecule has 1 aromatic rings. The highest BCUT2D eigenvalue weighted by molar-refractivity contribution is 6.66. The van der Waals surface area contributed by atoms with E-state index in [0.29, 0.717) is 0 Å². The number of rotatable bonds is 1. The Morgan fingerprint density at radius 2 is 2.14 bits per heavy atom. The van der Waals surface area contributed by atoms with Crippen molar-refractivity contribution in [2.24, 2.45) is 0 Å². The molecule has 0 aliphatic carbocycles. The number of aromatic nitrogens is 3. The Bertz CT molecular complexity index is 313. The van der Waals surface area contributed by atoms with E-state index in [1.807, 2.05) is 0 Å². The van der Waals surface area contributed by atoms with Crippen LogP contribution in [0.1, 0.15) is 30.5 Å². The van der Waals surface area contributed by atoms with Gasteiger partial charge in [-0.3, -0.25) is 5.10 Å². The molecule has 1 aromatic heterocycles. The van der Waals surface area contributed by atoms with Gasteiger partial charge < -0.3 is 5.32 Å². The second-order valence-electron chi connectivity index (χ2n) is 3.19. The first-order chi connectivity index (χ1) is 6.57. The predicted octanol–water partition coefficient (Wildman–Crippen LogP) is 2.06. The zero-order valence-electron chi connectivity index (χ0n) is 7.23. The molecule has 1 aliphatic rings. The van der Waals surface area contributed by atoms with Crippen LogP contribution in [-0.2, 0) is 3.79 Å². The fraction of sp³-hybridized carbons (Fsp3) is 0.714. The number of hydrogen-bond acceptors (Lipinski definition) is 3. The van der Waals surface area contributed by atoms with Crippen molar-refractivity contribution in [1.82, 2.24) is 20.5 Å². The topological polar surface area (TPSA) is 53.6 Å². The highest BCUT2D eigenvalue weighted by Gasteiger charge is 2.30. The number of alkyl halides is 3. The molecule has 1 aliphatic heterocycles. The second kappa shape index (κ2) is 3.85. The van der Waals surface area contributed by atoms with Gasteiger partial charge in [0.2, 0.25) is 5.82 Å². The standard InChI is InChI=1S/C7H9Cl3N4/c8-7(9,10)6-12-5(13-14-6)4-2-1-3-11-4/h4,11H,1-3H2,(H,12,13,14). The molecular formula is C7H9Cl3N4. The summed E-state index contributed by atoms with van der Waals surface area (Å²) in [5, 5.41) is 9.91. The fourth-order valence-corrected chi connectivity index (χ4v) is 1.73. The number of H-pyrrole nitrogens is 1. The number of nitrogens with zero attached hydrogens (tertiary/aromatic N) is 2. The minimum Gasteiger partial charge on any atom is -0.307 e. The van der Waals surface area contributed by atoms with Crippen molar-refractivity contribution in [3.05, 3.63) is 11.6 Å². The zero-order valence-corrected chi connectivity index (χ0v) is 9.49. The molecule has 0 saturated carbocycles. The molecule has 0 bridgehead atoms. The van der Waals surface area contributed by atoms with Crippen LogP contribution in [0.4, 0.5) is 0 Å². The summed E-state index contributed by atoms with van der Waals surface area (Å²) in [6.07, 6.45) is 2.17. The van der Waals surface area contributed by atoms with Crippen LogP contribution in [0.25, 0.3) is 0 Å². The lowest BCUT2D eigenvalue weighted by Gasteiger charge is -2.05. The molecule has 7 heteroatoms. The molecule has 1 fully saturated rings. The predicted molar refractivity (Wildman–Crippen MR) is 55.6 cm³/mol. The van der Waals surface area contributed by atoms with Gasteiger partial charge in [-0.05, 0) is 19.4 Å². The highest BCUT2D eigenvalue weighted by atomic mass is 35.6. The summed E-state index contributed by atoms with van der Waals surface area (Å²) < 4.78 is -1.55. The number of aromatic amines is 1. The molecule has 2 heterocycles. The van der Waals surface area contributed by atoms with Crippen LogP contribution < -0.4 is 5.32 Å². The first-order valence-electron chi connectivity index (χ1n) is 4.30. The average Bonchev–Trinajstić information content (AvgIpc) is 2.73. The van der Waals surface area contributed by atoms with Gasteiger partial charge >= 0.3 is 0 Å². The van der Waals surface area contributed by atoms with Crippen LogP contribution in [-0.4, -0.2) is 21.7 Å². The number of hydrogen-bond donors (Lipinski definition) is 2. The van der Waals surface area contributed by atoms with Gasteiger partial charge in [-0.2, -0.15) is 5.10 Å². The van der Waals surface area contributed by atoms with Gasteiger partial charge in [0.05, 0.1) is 6.04 Å². The van der Waals surface area contributed by atoms with Crippen molar-refractivity contribution in [2.45, 2.75) is 22.7 Å². The molecule has 0 amide bonds. The lowest BCUT2D eigenvalue weighted by molar-refractivity contribution is 0.607. The molecule has 14 heavy (non-hydrogen) atoms. The SMILES string of the molecule is ClC(Cl)(Cl)c1n[nH]c(C2CCCN2)n1. The highest BCUT2D eigenvalue weighted by Crippen LogP contribution is 2.36. The Hall–Kier alpha value is -0.0300. The van der Waals surface area contributed by atoms with Gasteiger partial charge in [0.1, 0.15) is 5.82 Å². The average molecular weight is 256 g/mol. The third kappa shape index (κ3) is 2.14. The van der Waals surface area contributed by atoms with Crippen molar-refractivity contribution in [3.8, 4) is 0 Å². The fourth-order valence-electron chi connectivity index (χ4n) is 1.47. The van der Waals surface area contributed by atoms with E-state index in [1.165, 1.54) is 0 Å². The minimum absolute atomic E-state index is 0.200. The molecule has 4 nitrogen and oxygen atoms in total. The van der Waals surface area contributed by atoms with Gasteiger partial charge in [-0.15, -0.1) is 0 Å². The van der Waals surface area contributed by atoms with Crippen LogP contribution in [0.5, 0.6) is 0 Å². The smallest absolute Gasteiger partial charge is 0.251 e. The van der Waals surface area contributed by atoms with Crippen molar-refractivity contribution in [3.63, 3.8) is 0 Å². The van der Waals surface area contributed by atoms with E-state index in [2.05, 4.69) is 20.5 Å². The molecule has 78 valence electrons. The van der Waals surface area contributed by atoms with Gasteiger partial charge in [-0.25, -0.2) is 4.98 Å².